The standard InChI is InChI=1S/C10H18INO/c1-7(2)9(6-11)12-10(13)8-4-3-5-8/h7-9H,3-6H2,1-2H3,(H,12,13). The Labute approximate surface area is 94.0 Å². The van der Waals surface area contributed by atoms with Gasteiger partial charge in [-0.3, -0.25) is 4.79 Å². The number of amides is 1. The van der Waals surface area contributed by atoms with Crippen LogP contribution in [0.5, 0.6) is 0 Å². The lowest BCUT2D eigenvalue weighted by molar-refractivity contribution is -0.128. The van der Waals surface area contributed by atoms with Gasteiger partial charge in [-0.05, 0) is 18.8 Å². The zero-order valence-corrected chi connectivity index (χ0v) is 10.5. The summed E-state index contributed by atoms with van der Waals surface area (Å²) in [6, 6.07) is 0.355. The number of halogens is 1. The number of nitrogens with one attached hydrogen (secondary N) is 1. The van der Waals surface area contributed by atoms with Gasteiger partial charge >= 0.3 is 0 Å². The normalized spacial score (nSPS) is 19.7. The number of carbonyl (C=O) groups is 1. The molecule has 1 aliphatic rings. The summed E-state index contributed by atoms with van der Waals surface area (Å²) in [5, 5.41) is 3.12. The van der Waals surface area contributed by atoms with Gasteiger partial charge in [0, 0.05) is 16.4 Å². The van der Waals surface area contributed by atoms with Gasteiger partial charge in [0.15, 0.2) is 0 Å². The van der Waals surface area contributed by atoms with Gasteiger partial charge in [-0.15, -0.1) is 0 Å². The van der Waals surface area contributed by atoms with Crippen molar-refractivity contribution in [3.8, 4) is 0 Å². The molecule has 0 radical (unpaired) electrons. The zero-order chi connectivity index (χ0) is 9.84. The molecule has 0 saturated heterocycles. The van der Waals surface area contributed by atoms with Crippen molar-refractivity contribution in [3.63, 3.8) is 0 Å². The van der Waals surface area contributed by atoms with E-state index in [0.29, 0.717) is 17.9 Å². The Kier molecular flexibility index (Phi) is 4.49. The SMILES string of the molecule is CC(C)C(CI)NC(=O)C1CCC1. The van der Waals surface area contributed by atoms with Crippen LogP contribution in [0.15, 0.2) is 0 Å². The van der Waals surface area contributed by atoms with Gasteiger partial charge in [0.05, 0.1) is 0 Å². The summed E-state index contributed by atoms with van der Waals surface area (Å²) in [4.78, 5) is 11.6. The molecular weight excluding hydrogens is 277 g/mol. The molecule has 1 rings (SSSR count). The van der Waals surface area contributed by atoms with Crippen molar-refractivity contribution in [3.05, 3.63) is 0 Å². The van der Waals surface area contributed by atoms with E-state index in [-0.39, 0.29) is 5.91 Å². The Balaban J connectivity index is 2.31. The lowest BCUT2D eigenvalue weighted by atomic mass is 9.84. The van der Waals surface area contributed by atoms with Crippen LogP contribution in [0.4, 0.5) is 0 Å². The van der Waals surface area contributed by atoms with Gasteiger partial charge in [0.1, 0.15) is 0 Å². The van der Waals surface area contributed by atoms with Gasteiger partial charge in [-0.25, -0.2) is 0 Å². The fourth-order valence-electron chi connectivity index (χ4n) is 1.35. The Morgan fingerprint density at radius 3 is 2.46 bits per heavy atom. The van der Waals surface area contributed by atoms with Gasteiger partial charge in [-0.2, -0.15) is 0 Å². The minimum atomic E-state index is 0.279. The first-order chi connectivity index (χ1) is 6.15. The molecular formula is C10H18INO. The van der Waals surface area contributed by atoms with Crippen molar-refractivity contribution in [2.24, 2.45) is 11.8 Å². The minimum absolute atomic E-state index is 0.279. The Bertz CT molecular complexity index is 178. The average molecular weight is 295 g/mol. The highest BCUT2D eigenvalue weighted by atomic mass is 127. The number of hydrogen-bond acceptors (Lipinski definition) is 1. The summed E-state index contributed by atoms with van der Waals surface area (Å²) in [6.07, 6.45) is 3.42. The third kappa shape index (κ3) is 3.11. The Hall–Kier alpha value is 0.200. The predicted molar refractivity (Wildman–Crippen MR) is 63.0 cm³/mol. The van der Waals surface area contributed by atoms with E-state index in [9.17, 15) is 4.79 Å². The van der Waals surface area contributed by atoms with Crippen LogP contribution in [0.1, 0.15) is 33.1 Å². The molecule has 1 N–H and O–H groups in total. The number of rotatable bonds is 4. The number of carbonyl (C=O) groups excluding carboxylic acids is 1. The number of alkyl halides is 1. The summed E-state index contributed by atoms with van der Waals surface area (Å²) >= 11 is 2.34. The quantitative estimate of drug-likeness (QED) is 0.626. The third-order valence-corrected chi connectivity index (χ3v) is 3.72. The summed E-state index contributed by atoms with van der Waals surface area (Å²) in [6.45, 7) is 4.31. The smallest absolute Gasteiger partial charge is 0.223 e. The molecule has 1 aliphatic carbocycles. The van der Waals surface area contributed by atoms with Crippen LogP contribution < -0.4 is 5.32 Å². The molecule has 1 atom stereocenters. The topological polar surface area (TPSA) is 29.1 Å². The maximum absolute atomic E-state index is 11.6. The highest BCUT2D eigenvalue weighted by Gasteiger charge is 2.27. The highest BCUT2D eigenvalue weighted by Crippen LogP contribution is 2.26. The van der Waals surface area contributed by atoms with E-state index in [1.54, 1.807) is 0 Å². The Morgan fingerprint density at radius 2 is 2.15 bits per heavy atom. The van der Waals surface area contributed by atoms with Gasteiger partial charge in [0.25, 0.3) is 0 Å². The lowest BCUT2D eigenvalue weighted by Crippen LogP contribution is -2.44. The fraction of sp³-hybridized carbons (Fsp3) is 0.900. The molecule has 0 bridgehead atoms. The molecule has 1 fully saturated rings. The van der Waals surface area contributed by atoms with Crippen LogP contribution in [0.3, 0.4) is 0 Å². The Morgan fingerprint density at radius 1 is 1.54 bits per heavy atom. The second-order valence-electron chi connectivity index (χ2n) is 4.14. The van der Waals surface area contributed by atoms with Crippen LogP contribution in [0.25, 0.3) is 0 Å². The van der Waals surface area contributed by atoms with E-state index in [1.807, 2.05) is 0 Å². The highest BCUT2D eigenvalue weighted by molar-refractivity contribution is 14.1. The molecule has 0 aromatic carbocycles. The first-order valence-corrected chi connectivity index (χ1v) is 6.54. The van der Waals surface area contributed by atoms with E-state index in [0.717, 1.165) is 17.3 Å². The van der Waals surface area contributed by atoms with Crippen LogP contribution in [-0.2, 0) is 4.79 Å². The monoisotopic (exact) mass is 295 g/mol. The molecule has 0 aromatic heterocycles. The molecule has 0 heterocycles. The maximum Gasteiger partial charge on any atom is 0.223 e. The molecule has 3 heteroatoms. The van der Waals surface area contributed by atoms with Crippen molar-refractivity contribution in [1.29, 1.82) is 0 Å². The van der Waals surface area contributed by atoms with E-state index >= 15 is 0 Å². The summed E-state index contributed by atoms with van der Waals surface area (Å²) in [7, 11) is 0. The molecule has 1 unspecified atom stereocenters. The van der Waals surface area contributed by atoms with Crippen molar-refractivity contribution < 1.29 is 4.79 Å². The first kappa shape index (κ1) is 11.3. The minimum Gasteiger partial charge on any atom is -0.352 e. The molecule has 2 nitrogen and oxygen atoms in total. The summed E-state index contributed by atoms with van der Waals surface area (Å²) in [5.41, 5.74) is 0. The molecule has 76 valence electrons. The number of hydrogen-bond donors (Lipinski definition) is 1. The predicted octanol–water partition coefficient (Wildman–Crippen LogP) is 2.36. The second-order valence-corrected chi connectivity index (χ2v) is 5.02. The summed E-state index contributed by atoms with van der Waals surface area (Å²) in [5.74, 6) is 1.15. The molecule has 1 saturated carbocycles. The van der Waals surface area contributed by atoms with Crippen LogP contribution in [0, 0.1) is 11.8 Å². The molecule has 1 amide bonds. The van der Waals surface area contributed by atoms with Gasteiger partial charge in [0.2, 0.25) is 5.91 Å². The van der Waals surface area contributed by atoms with Crippen LogP contribution in [-0.4, -0.2) is 16.4 Å². The molecule has 13 heavy (non-hydrogen) atoms. The largest absolute Gasteiger partial charge is 0.352 e. The van der Waals surface area contributed by atoms with Crippen molar-refractivity contribution >= 4 is 28.5 Å². The van der Waals surface area contributed by atoms with E-state index < -0.39 is 0 Å². The third-order valence-electron chi connectivity index (χ3n) is 2.77. The first-order valence-electron chi connectivity index (χ1n) is 5.01. The summed E-state index contributed by atoms with van der Waals surface area (Å²) < 4.78 is 1.01. The average Bonchev–Trinajstić information content (AvgIpc) is 1.96. The van der Waals surface area contributed by atoms with E-state index in [4.69, 9.17) is 0 Å². The molecule has 0 aromatic rings. The van der Waals surface area contributed by atoms with Crippen molar-refractivity contribution in [1.82, 2.24) is 5.32 Å². The van der Waals surface area contributed by atoms with Crippen molar-refractivity contribution in [2.45, 2.75) is 39.2 Å². The van der Waals surface area contributed by atoms with Gasteiger partial charge in [-0.1, -0.05) is 42.9 Å². The van der Waals surface area contributed by atoms with Crippen LogP contribution in [0.2, 0.25) is 0 Å². The fourth-order valence-corrected chi connectivity index (χ4v) is 2.59. The molecule has 0 aliphatic heterocycles. The maximum atomic E-state index is 11.6. The second kappa shape index (κ2) is 5.17. The lowest BCUT2D eigenvalue weighted by Gasteiger charge is -2.28. The van der Waals surface area contributed by atoms with Crippen LogP contribution >= 0.6 is 22.6 Å². The zero-order valence-electron chi connectivity index (χ0n) is 8.35. The van der Waals surface area contributed by atoms with E-state index in [2.05, 4.69) is 41.8 Å². The molecule has 0 spiro atoms. The van der Waals surface area contributed by atoms with Gasteiger partial charge < -0.3 is 5.32 Å². The van der Waals surface area contributed by atoms with Crippen molar-refractivity contribution in [2.75, 3.05) is 4.43 Å². The van der Waals surface area contributed by atoms with E-state index in [1.165, 1.54) is 6.42 Å².